The van der Waals surface area contributed by atoms with E-state index < -0.39 is 0 Å². The van der Waals surface area contributed by atoms with Crippen LogP contribution in [0, 0.1) is 11.3 Å². The van der Waals surface area contributed by atoms with E-state index in [1.807, 2.05) is 0 Å². The molecule has 0 radical (unpaired) electrons. The second-order valence-corrected chi connectivity index (χ2v) is 5.16. The number of hydrogen-bond donors (Lipinski definition) is 2. The summed E-state index contributed by atoms with van der Waals surface area (Å²) in [5, 5.41) is 6.36. The molecule has 1 aliphatic carbocycles. The molecule has 15 heavy (non-hydrogen) atoms. The molecule has 3 nitrogen and oxygen atoms in total. The highest BCUT2D eigenvalue weighted by molar-refractivity contribution is 5.79. The molecule has 1 aliphatic heterocycles. The standard InChI is InChI=1S/C12H22N2O/c1-2-4-12(5-6-12)9-14-11(15)10-3-7-13-8-10/h10,13H,2-9H2,1H3,(H,14,15)/t10-/m0/s1. The topological polar surface area (TPSA) is 41.1 Å². The van der Waals surface area contributed by atoms with Crippen LogP contribution in [-0.4, -0.2) is 25.5 Å². The van der Waals surface area contributed by atoms with E-state index in [9.17, 15) is 4.79 Å². The molecule has 1 saturated heterocycles. The molecule has 2 N–H and O–H groups in total. The first-order valence-corrected chi connectivity index (χ1v) is 6.24. The Balaban J connectivity index is 1.70. The van der Waals surface area contributed by atoms with Crippen molar-refractivity contribution in [2.24, 2.45) is 11.3 Å². The van der Waals surface area contributed by atoms with Crippen LogP contribution in [0.3, 0.4) is 0 Å². The Labute approximate surface area is 92.0 Å². The van der Waals surface area contributed by atoms with Gasteiger partial charge in [0.05, 0.1) is 5.92 Å². The summed E-state index contributed by atoms with van der Waals surface area (Å²) in [5.74, 6) is 0.491. The molecule has 2 rings (SSSR count). The SMILES string of the molecule is CCCC1(CNC(=O)[C@H]2CCNC2)CC1. The summed E-state index contributed by atoms with van der Waals surface area (Å²) in [6, 6.07) is 0. The maximum Gasteiger partial charge on any atom is 0.224 e. The van der Waals surface area contributed by atoms with Crippen molar-refractivity contribution in [3.05, 3.63) is 0 Å². The Morgan fingerprint density at radius 2 is 2.33 bits per heavy atom. The van der Waals surface area contributed by atoms with Crippen LogP contribution in [0.4, 0.5) is 0 Å². The monoisotopic (exact) mass is 210 g/mol. The van der Waals surface area contributed by atoms with Crippen molar-refractivity contribution in [1.82, 2.24) is 10.6 Å². The van der Waals surface area contributed by atoms with Gasteiger partial charge in [-0.15, -0.1) is 0 Å². The van der Waals surface area contributed by atoms with Crippen LogP contribution >= 0.6 is 0 Å². The summed E-state index contributed by atoms with van der Waals surface area (Å²) in [5.41, 5.74) is 0.483. The molecule has 86 valence electrons. The number of hydrogen-bond acceptors (Lipinski definition) is 2. The van der Waals surface area contributed by atoms with Gasteiger partial charge in [-0.25, -0.2) is 0 Å². The molecule has 0 bridgehead atoms. The highest BCUT2D eigenvalue weighted by atomic mass is 16.1. The molecule has 0 spiro atoms. The van der Waals surface area contributed by atoms with Crippen LogP contribution in [-0.2, 0) is 4.79 Å². The van der Waals surface area contributed by atoms with E-state index in [0.717, 1.165) is 26.1 Å². The van der Waals surface area contributed by atoms with Gasteiger partial charge in [0.15, 0.2) is 0 Å². The van der Waals surface area contributed by atoms with Crippen molar-refractivity contribution in [1.29, 1.82) is 0 Å². The Morgan fingerprint density at radius 3 is 2.87 bits per heavy atom. The second-order valence-electron chi connectivity index (χ2n) is 5.16. The van der Waals surface area contributed by atoms with Gasteiger partial charge < -0.3 is 10.6 Å². The predicted octanol–water partition coefficient (Wildman–Crippen LogP) is 1.29. The molecule has 1 heterocycles. The Morgan fingerprint density at radius 1 is 1.53 bits per heavy atom. The molecule has 0 aromatic heterocycles. The molecule has 1 atom stereocenters. The van der Waals surface area contributed by atoms with Crippen LogP contribution in [0.25, 0.3) is 0 Å². The van der Waals surface area contributed by atoms with Crippen LogP contribution in [0.5, 0.6) is 0 Å². The van der Waals surface area contributed by atoms with Crippen molar-refractivity contribution < 1.29 is 4.79 Å². The molecule has 0 unspecified atom stereocenters. The third-order valence-corrected chi connectivity index (χ3v) is 3.81. The average Bonchev–Trinajstić information content (AvgIpc) is 2.81. The van der Waals surface area contributed by atoms with Crippen LogP contribution in [0.2, 0.25) is 0 Å². The van der Waals surface area contributed by atoms with Gasteiger partial charge in [-0.05, 0) is 37.6 Å². The van der Waals surface area contributed by atoms with Crippen LogP contribution in [0.1, 0.15) is 39.0 Å². The number of carbonyl (C=O) groups excluding carboxylic acids is 1. The van der Waals surface area contributed by atoms with Crippen LogP contribution < -0.4 is 10.6 Å². The molecule has 0 aromatic rings. The normalized spacial score (nSPS) is 27.7. The smallest absolute Gasteiger partial charge is 0.224 e. The first-order valence-electron chi connectivity index (χ1n) is 6.24. The minimum absolute atomic E-state index is 0.224. The molecule has 0 aromatic carbocycles. The van der Waals surface area contributed by atoms with E-state index in [0.29, 0.717) is 5.41 Å². The zero-order valence-electron chi connectivity index (χ0n) is 9.64. The molecule has 2 aliphatic rings. The quantitative estimate of drug-likeness (QED) is 0.718. The molecular formula is C12H22N2O. The molecule has 1 amide bonds. The number of rotatable bonds is 5. The average molecular weight is 210 g/mol. The van der Waals surface area contributed by atoms with Gasteiger partial charge in [0.1, 0.15) is 0 Å². The van der Waals surface area contributed by atoms with Gasteiger partial charge in [-0.1, -0.05) is 13.3 Å². The third-order valence-electron chi connectivity index (χ3n) is 3.81. The maximum absolute atomic E-state index is 11.8. The summed E-state index contributed by atoms with van der Waals surface area (Å²) >= 11 is 0. The van der Waals surface area contributed by atoms with Gasteiger partial charge in [-0.3, -0.25) is 4.79 Å². The molecular weight excluding hydrogens is 188 g/mol. The molecule has 3 heteroatoms. The highest BCUT2D eigenvalue weighted by Gasteiger charge is 2.41. The van der Waals surface area contributed by atoms with Crippen molar-refractivity contribution >= 4 is 5.91 Å². The number of carbonyl (C=O) groups is 1. The Bertz CT molecular complexity index is 230. The molecule has 2 fully saturated rings. The van der Waals surface area contributed by atoms with Gasteiger partial charge in [0, 0.05) is 13.1 Å². The zero-order chi connectivity index (χ0) is 10.7. The van der Waals surface area contributed by atoms with Crippen molar-refractivity contribution in [2.45, 2.75) is 39.0 Å². The maximum atomic E-state index is 11.8. The summed E-state index contributed by atoms with van der Waals surface area (Å²) in [7, 11) is 0. The van der Waals surface area contributed by atoms with Crippen molar-refractivity contribution in [3.63, 3.8) is 0 Å². The van der Waals surface area contributed by atoms with E-state index in [2.05, 4.69) is 17.6 Å². The van der Waals surface area contributed by atoms with Gasteiger partial charge in [0.2, 0.25) is 5.91 Å². The number of nitrogens with one attached hydrogen (secondary N) is 2. The second kappa shape index (κ2) is 4.52. The first-order chi connectivity index (χ1) is 7.26. The lowest BCUT2D eigenvalue weighted by atomic mass is 10.00. The van der Waals surface area contributed by atoms with Crippen molar-refractivity contribution in [2.75, 3.05) is 19.6 Å². The fraction of sp³-hybridized carbons (Fsp3) is 0.917. The lowest BCUT2D eigenvalue weighted by Crippen LogP contribution is -2.35. The van der Waals surface area contributed by atoms with E-state index in [-0.39, 0.29) is 11.8 Å². The fourth-order valence-electron chi connectivity index (χ4n) is 2.52. The Hall–Kier alpha value is -0.570. The first kappa shape index (κ1) is 10.9. The summed E-state index contributed by atoms with van der Waals surface area (Å²) < 4.78 is 0. The van der Waals surface area contributed by atoms with Gasteiger partial charge in [0.25, 0.3) is 0 Å². The van der Waals surface area contributed by atoms with Crippen LogP contribution in [0.15, 0.2) is 0 Å². The lowest BCUT2D eigenvalue weighted by Gasteiger charge is -2.16. The van der Waals surface area contributed by atoms with Gasteiger partial charge >= 0.3 is 0 Å². The highest BCUT2D eigenvalue weighted by Crippen LogP contribution is 2.48. The predicted molar refractivity (Wildman–Crippen MR) is 60.6 cm³/mol. The fourth-order valence-corrected chi connectivity index (χ4v) is 2.52. The zero-order valence-corrected chi connectivity index (χ0v) is 9.64. The van der Waals surface area contributed by atoms with Crippen molar-refractivity contribution in [3.8, 4) is 0 Å². The third kappa shape index (κ3) is 2.71. The largest absolute Gasteiger partial charge is 0.355 e. The van der Waals surface area contributed by atoms with E-state index in [1.165, 1.54) is 25.7 Å². The minimum atomic E-state index is 0.224. The molecule has 1 saturated carbocycles. The minimum Gasteiger partial charge on any atom is -0.355 e. The summed E-state index contributed by atoms with van der Waals surface area (Å²) in [4.78, 5) is 11.8. The Kier molecular flexibility index (Phi) is 3.29. The van der Waals surface area contributed by atoms with E-state index >= 15 is 0 Å². The number of amides is 1. The lowest BCUT2D eigenvalue weighted by molar-refractivity contribution is -0.124. The summed E-state index contributed by atoms with van der Waals surface area (Å²) in [6.07, 6.45) is 6.14. The summed E-state index contributed by atoms with van der Waals surface area (Å²) in [6.45, 7) is 5.00. The van der Waals surface area contributed by atoms with E-state index in [4.69, 9.17) is 0 Å². The van der Waals surface area contributed by atoms with Gasteiger partial charge in [-0.2, -0.15) is 0 Å². The van der Waals surface area contributed by atoms with E-state index in [1.54, 1.807) is 0 Å².